The van der Waals surface area contributed by atoms with Crippen LogP contribution in [0.5, 0.6) is 0 Å². The van der Waals surface area contributed by atoms with Gasteiger partial charge in [0.15, 0.2) is 10.8 Å². The third-order valence-corrected chi connectivity index (χ3v) is 2.77. The average Bonchev–Trinajstić information content (AvgIpc) is 2.75. The molecular formula is C12H12ClN3O2. The van der Waals surface area contributed by atoms with Crippen LogP contribution in [0.15, 0.2) is 28.9 Å². The molecule has 0 spiro atoms. The molecule has 18 heavy (non-hydrogen) atoms. The Hall–Kier alpha value is -1.88. The largest absolute Gasteiger partial charge is 0.469 e. The molecule has 0 fully saturated rings. The quantitative estimate of drug-likeness (QED) is 0.854. The Balaban J connectivity index is 2.09. The molecule has 6 heteroatoms. The van der Waals surface area contributed by atoms with Gasteiger partial charge in [-0.2, -0.15) is 0 Å². The monoisotopic (exact) mass is 265 g/mol. The molecule has 0 N–H and O–H groups in total. The van der Waals surface area contributed by atoms with Crippen LogP contribution in [-0.4, -0.2) is 28.1 Å². The number of carbonyl (C=O) groups excluding carboxylic acids is 1. The van der Waals surface area contributed by atoms with Crippen molar-refractivity contribution in [2.75, 3.05) is 7.05 Å². The lowest BCUT2D eigenvalue weighted by Gasteiger charge is -2.15. The van der Waals surface area contributed by atoms with E-state index >= 15 is 0 Å². The van der Waals surface area contributed by atoms with Gasteiger partial charge in [0.2, 0.25) is 0 Å². The highest BCUT2D eigenvalue weighted by atomic mass is 35.5. The van der Waals surface area contributed by atoms with Crippen LogP contribution < -0.4 is 0 Å². The Labute approximate surface area is 109 Å². The van der Waals surface area contributed by atoms with Crippen LogP contribution in [0.25, 0.3) is 0 Å². The molecule has 0 atom stereocenters. The molecule has 1 amide bonds. The summed E-state index contributed by atoms with van der Waals surface area (Å²) in [5, 5.41) is 7.66. The van der Waals surface area contributed by atoms with Gasteiger partial charge in [0, 0.05) is 19.2 Å². The number of nitrogens with zero attached hydrogens (tertiary/aromatic N) is 3. The zero-order valence-electron chi connectivity index (χ0n) is 10.1. The fraction of sp³-hybridized carbons (Fsp3) is 0.250. The van der Waals surface area contributed by atoms with Gasteiger partial charge < -0.3 is 9.32 Å². The number of amides is 1. The summed E-state index contributed by atoms with van der Waals surface area (Å²) in [6.07, 6.45) is 1.60. The normalized spacial score (nSPS) is 10.4. The van der Waals surface area contributed by atoms with Gasteiger partial charge in [-0.3, -0.25) is 4.79 Å². The fourth-order valence-electron chi connectivity index (χ4n) is 1.53. The summed E-state index contributed by atoms with van der Waals surface area (Å²) >= 11 is 5.62. The Morgan fingerprint density at radius 1 is 1.39 bits per heavy atom. The molecule has 5 nitrogen and oxygen atoms in total. The van der Waals surface area contributed by atoms with Gasteiger partial charge in [-0.15, -0.1) is 10.2 Å². The van der Waals surface area contributed by atoms with Crippen molar-refractivity contribution in [2.24, 2.45) is 0 Å². The summed E-state index contributed by atoms with van der Waals surface area (Å²) in [7, 11) is 1.70. The summed E-state index contributed by atoms with van der Waals surface area (Å²) in [6, 6.07) is 4.93. The van der Waals surface area contributed by atoms with E-state index < -0.39 is 0 Å². The SMILES string of the molecule is Cc1occc1CN(C)C(=O)c1ccc(Cl)nn1. The number of hydrogen-bond donors (Lipinski definition) is 0. The lowest BCUT2D eigenvalue weighted by Crippen LogP contribution is -2.27. The summed E-state index contributed by atoms with van der Waals surface area (Å²) in [6.45, 7) is 2.32. The third-order valence-electron chi connectivity index (χ3n) is 2.57. The number of rotatable bonds is 3. The van der Waals surface area contributed by atoms with Crippen LogP contribution >= 0.6 is 11.6 Å². The van der Waals surface area contributed by atoms with E-state index in [-0.39, 0.29) is 16.8 Å². The molecule has 0 unspecified atom stereocenters. The first-order valence-electron chi connectivity index (χ1n) is 5.35. The van der Waals surface area contributed by atoms with Crippen LogP contribution in [0, 0.1) is 6.92 Å². The molecule has 2 heterocycles. The van der Waals surface area contributed by atoms with Crippen LogP contribution in [-0.2, 0) is 6.54 Å². The van der Waals surface area contributed by atoms with E-state index in [0.29, 0.717) is 6.54 Å². The Bertz CT molecular complexity index is 551. The fourth-order valence-corrected chi connectivity index (χ4v) is 1.63. The maximum atomic E-state index is 12.0. The van der Waals surface area contributed by atoms with E-state index in [2.05, 4.69) is 10.2 Å². The standard InChI is InChI=1S/C12H12ClN3O2/c1-8-9(5-6-18-8)7-16(2)12(17)10-3-4-11(13)15-14-10/h3-6H,7H2,1-2H3. The van der Waals surface area contributed by atoms with E-state index in [1.54, 1.807) is 30.3 Å². The number of aromatic nitrogens is 2. The van der Waals surface area contributed by atoms with Crippen LogP contribution in [0.4, 0.5) is 0 Å². The molecule has 0 radical (unpaired) electrons. The van der Waals surface area contributed by atoms with Gasteiger partial charge >= 0.3 is 0 Å². The highest BCUT2D eigenvalue weighted by molar-refractivity contribution is 6.29. The molecule has 0 bridgehead atoms. The zero-order valence-corrected chi connectivity index (χ0v) is 10.8. The average molecular weight is 266 g/mol. The van der Waals surface area contributed by atoms with Gasteiger partial charge in [0.1, 0.15) is 5.76 Å². The van der Waals surface area contributed by atoms with E-state index in [9.17, 15) is 4.79 Å². The molecule has 94 valence electrons. The van der Waals surface area contributed by atoms with Gasteiger partial charge in [0.25, 0.3) is 5.91 Å². The smallest absolute Gasteiger partial charge is 0.274 e. The van der Waals surface area contributed by atoms with Crippen molar-refractivity contribution in [2.45, 2.75) is 13.5 Å². The maximum absolute atomic E-state index is 12.0. The van der Waals surface area contributed by atoms with E-state index in [4.69, 9.17) is 16.0 Å². The molecule has 0 saturated carbocycles. The van der Waals surface area contributed by atoms with Crippen LogP contribution in [0.2, 0.25) is 5.15 Å². The Morgan fingerprint density at radius 3 is 2.72 bits per heavy atom. The molecule has 2 rings (SSSR count). The zero-order chi connectivity index (χ0) is 13.1. The van der Waals surface area contributed by atoms with Crippen molar-refractivity contribution >= 4 is 17.5 Å². The van der Waals surface area contributed by atoms with Gasteiger partial charge in [-0.05, 0) is 25.1 Å². The second kappa shape index (κ2) is 5.18. The highest BCUT2D eigenvalue weighted by Crippen LogP contribution is 2.12. The minimum Gasteiger partial charge on any atom is -0.469 e. The summed E-state index contributed by atoms with van der Waals surface area (Å²) < 4.78 is 5.18. The predicted molar refractivity (Wildman–Crippen MR) is 66.3 cm³/mol. The van der Waals surface area contributed by atoms with Gasteiger partial charge in [-0.1, -0.05) is 11.6 Å². The molecule has 0 saturated heterocycles. The van der Waals surface area contributed by atoms with E-state index in [1.165, 1.54) is 0 Å². The Morgan fingerprint density at radius 2 is 2.17 bits per heavy atom. The molecule has 0 aliphatic rings. The topological polar surface area (TPSA) is 59.2 Å². The third kappa shape index (κ3) is 2.68. The molecule has 2 aromatic rings. The van der Waals surface area contributed by atoms with Crippen molar-refractivity contribution in [3.8, 4) is 0 Å². The van der Waals surface area contributed by atoms with E-state index in [1.807, 2.05) is 13.0 Å². The van der Waals surface area contributed by atoms with Crippen molar-refractivity contribution in [1.29, 1.82) is 0 Å². The molecule has 0 aliphatic carbocycles. The first kappa shape index (κ1) is 12.6. The lowest BCUT2D eigenvalue weighted by molar-refractivity contribution is 0.0777. The summed E-state index contributed by atoms with van der Waals surface area (Å²) in [5.74, 6) is 0.594. The first-order chi connectivity index (χ1) is 8.58. The number of furan rings is 1. The lowest BCUT2D eigenvalue weighted by atomic mass is 10.2. The molecular weight excluding hydrogens is 254 g/mol. The van der Waals surface area contributed by atoms with Crippen molar-refractivity contribution < 1.29 is 9.21 Å². The van der Waals surface area contributed by atoms with Crippen molar-refractivity contribution in [3.63, 3.8) is 0 Å². The van der Waals surface area contributed by atoms with Gasteiger partial charge in [0.05, 0.1) is 6.26 Å². The second-order valence-corrected chi connectivity index (χ2v) is 4.29. The predicted octanol–water partition coefficient (Wildman–Crippen LogP) is 2.30. The second-order valence-electron chi connectivity index (χ2n) is 3.90. The number of halogens is 1. The summed E-state index contributed by atoms with van der Waals surface area (Å²) in [4.78, 5) is 13.6. The summed E-state index contributed by atoms with van der Waals surface area (Å²) in [5.41, 5.74) is 1.23. The van der Waals surface area contributed by atoms with Crippen molar-refractivity contribution in [3.05, 3.63) is 46.6 Å². The van der Waals surface area contributed by atoms with Crippen LogP contribution in [0.3, 0.4) is 0 Å². The van der Waals surface area contributed by atoms with Crippen molar-refractivity contribution in [1.82, 2.24) is 15.1 Å². The van der Waals surface area contributed by atoms with Crippen LogP contribution in [0.1, 0.15) is 21.8 Å². The minimum absolute atomic E-state index is 0.209. The number of hydrogen-bond acceptors (Lipinski definition) is 4. The highest BCUT2D eigenvalue weighted by Gasteiger charge is 2.15. The number of carbonyl (C=O) groups is 1. The maximum Gasteiger partial charge on any atom is 0.274 e. The van der Waals surface area contributed by atoms with E-state index in [0.717, 1.165) is 11.3 Å². The Kier molecular flexibility index (Phi) is 3.62. The minimum atomic E-state index is -0.209. The van der Waals surface area contributed by atoms with Gasteiger partial charge in [-0.25, -0.2) is 0 Å². The molecule has 2 aromatic heterocycles. The molecule has 0 aromatic carbocycles. The number of aryl methyl sites for hydroxylation is 1. The first-order valence-corrected chi connectivity index (χ1v) is 5.73. The molecule has 0 aliphatic heterocycles.